The second kappa shape index (κ2) is 7.48. The molecule has 1 heterocycles. The Morgan fingerprint density at radius 3 is 2.45 bits per heavy atom. The molecule has 184 valence electrons. The zero-order valence-electron chi connectivity index (χ0n) is 21.2. The number of hydrogen-bond acceptors (Lipinski definition) is 5. The molecule has 1 spiro atoms. The van der Waals surface area contributed by atoms with Gasteiger partial charge in [0.15, 0.2) is 5.78 Å². The van der Waals surface area contributed by atoms with E-state index in [9.17, 15) is 19.8 Å². The Hall–Kier alpha value is -1.04. The number of fused-ring (bicyclic) bond motifs is 1. The lowest BCUT2D eigenvalue weighted by Gasteiger charge is -2.52. The average molecular weight is 459 g/mol. The van der Waals surface area contributed by atoms with E-state index in [0.29, 0.717) is 30.1 Å². The van der Waals surface area contributed by atoms with Gasteiger partial charge in [0, 0.05) is 34.7 Å². The van der Waals surface area contributed by atoms with Crippen LogP contribution in [0, 0.1) is 40.4 Å². The van der Waals surface area contributed by atoms with Crippen molar-refractivity contribution >= 4 is 11.6 Å². The van der Waals surface area contributed by atoms with Crippen LogP contribution in [0.2, 0.25) is 0 Å². The molecular formula is C28H42O5. The predicted octanol–water partition coefficient (Wildman–Crippen LogP) is 4.24. The van der Waals surface area contributed by atoms with Gasteiger partial charge in [0.1, 0.15) is 23.6 Å². The van der Waals surface area contributed by atoms with Gasteiger partial charge in [0.05, 0.1) is 6.10 Å². The molecule has 1 aliphatic heterocycles. The molecule has 4 aliphatic carbocycles. The molecule has 0 aromatic rings. The minimum atomic E-state index is -0.902. The lowest BCUT2D eigenvalue weighted by molar-refractivity contribution is -0.134. The van der Waals surface area contributed by atoms with Crippen molar-refractivity contribution in [1.82, 2.24) is 0 Å². The summed E-state index contributed by atoms with van der Waals surface area (Å²) >= 11 is 0. The molecule has 3 fully saturated rings. The highest BCUT2D eigenvalue weighted by Gasteiger charge is 2.76. The molecule has 33 heavy (non-hydrogen) atoms. The summed E-state index contributed by atoms with van der Waals surface area (Å²) in [6, 6.07) is 0. The molecule has 0 radical (unpaired) electrons. The number of rotatable bonds is 4. The summed E-state index contributed by atoms with van der Waals surface area (Å²) in [4.78, 5) is 27.4. The maximum Gasteiger partial charge on any atom is 0.167 e. The van der Waals surface area contributed by atoms with Crippen molar-refractivity contribution in [2.45, 2.75) is 110 Å². The Labute approximate surface area is 198 Å². The second-order valence-corrected chi connectivity index (χ2v) is 12.8. The van der Waals surface area contributed by atoms with Crippen LogP contribution in [-0.4, -0.2) is 45.7 Å². The molecule has 0 bridgehead atoms. The van der Waals surface area contributed by atoms with Crippen LogP contribution in [-0.2, 0) is 14.3 Å². The third-order valence-corrected chi connectivity index (χ3v) is 11.1. The standard InChI is InChI=1S/C28H42O5/c1-14(2)15(3)22(30)18-7-8-19(16(18)4)26(5)11-10-20-21(24(26)32)23(31)25-28(33-25)13-17(29)9-12-27(20,28)6/h14-19,23,25,29,31H,7-13H2,1-6H3. The van der Waals surface area contributed by atoms with Crippen molar-refractivity contribution in [2.75, 3.05) is 0 Å². The van der Waals surface area contributed by atoms with E-state index in [4.69, 9.17) is 4.74 Å². The van der Waals surface area contributed by atoms with Gasteiger partial charge < -0.3 is 14.9 Å². The molecular weight excluding hydrogens is 416 g/mol. The molecule has 5 aliphatic rings. The fourth-order valence-corrected chi connectivity index (χ4v) is 8.47. The number of carbonyl (C=O) groups is 2. The average Bonchev–Trinajstić information content (AvgIpc) is 3.36. The lowest BCUT2D eigenvalue weighted by Crippen LogP contribution is -2.56. The number of carbonyl (C=O) groups excluding carboxylic acids is 2. The van der Waals surface area contributed by atoms with Crippen LogP contribution in [0.15, 0.2) is 11.1 Å². The molecule has 1 saturated heterocycles. The van der Waals surface area contributed by atoms with E-state index in [1.165, 1.54) is 0 Å². The van der Waals surface area contributed by atoms with Gasteiger partial charge in [-0.05, 0) is 56.3 Å². The van der Waals surface area contributed by atoms with Gasteiger partial charge in [-0.15, -0.1) is 0 Å². The van der Waals surface area contributed by atoms with E-state index in [1.54, 1.807) is 0 Å². The first kappa shape index (κ1) is 23.7. The molecule has 0 aromatic carbocycles. The minimum absolute atomic E-state index is 0.0282. The summed E-state index contributed by atoms with van der Waals surface area (Å²) in [5, 5.41) is 21.6. The van der Waals surface area contributed by atoms with Crippen LogP contribution in [0.25, 0.3) is 0 Å². The number of Topliss-reactive ketones (excluding diaryl/α,β-unsaturated/α-hetero) is 2. The molecule has 0 amide bonds. The van der Waals surface area contributed by atoms with Crippen molar-refractivity contribution in [3.8, 4) is 0 Å². The predicted molar refractivity (Wildman–Crippen MR) is 125 cm³/mol. The normalized spacial score (nSPS) is 50.0. The molecule has 0 aromatic heterocycles. The highest BCUT2D eigenvalue weighted by atomic mass is 16.6. The molecule has 2 N–H and O–H groups in total. The van der Waals surface area contributed by atoms with E-state index in [-0.39, 0.29) is 41.0 Å². The molecule has 5 heteroatoms. The molecule has 10 atom stereocenters. The number of aliphatic hydroxyl groups excluding tert-OH is 2. The Morgan fingerprint density at radius 2 is 1.79 bits per heavy atom. The van der Waals surface area contributed by atoms with Gasteiger partial charge >= 0.3 is 0 Å². The van der Waals surface area contributed by atoms with E-state index >= 15 is 0 Å². The van der Waals surface area contributed by atoms with Gasteiger partial charge in [-0.1, -0.05) is 47.1 Å². The summed E-state index contributed by atoms with van der Waals surface area (Å²) in [7, 11) is 0. The first-order valence-electron chi connectivity index (χ1n) is 13.2. The van der Waals surface area contributed by atoms with Crippen LogP contribution < -0.4 is 0 Å². The van der Waals surface area contributed by atoms with Crippen LogP contribution in [0.3, 0.4) is 0 Å². The monoisotopic (exact) mass is 458 g/mol. The van der Waals surface area contributed by atoms with E-state index in [1.807, 2.05) is 6.92 Å². The second-order valence-electron chi connectivity index (χ2n) is 12.8. The van der Waals surface area contributed by atoms with Crippen LogP contribution in [0.1, 0.15) is 86.5 Å². The molecule has 5 rings (SSSR count). The van der Waals surface area contributed by atoms with Crippen molar-refractivity contribution in [2.24, 2.45) is 40.4 Å². The fourth-order valence-electron chi connectivity index (χ4n) is 8.47. The number of ether oxygens (including phenoxy) is 1. The Bertz CT molecular complexity index is 906. The lowest BCUT2D eigenvalue weighted by atomic mass is 9.50. The van der Waals surface area contributed by atoms with Gasteiger partial charge in [-0.2, -0.15) is 0 Å². The number of ketones is 2. The maximum atomic E-state index is 14.2. The van der Waals surface area contributed by atoms with Gasteiger partial charge in [0.25, 0.3) is 0 Å². The highest BCUT2D eigenvalue weighted by molar-refractivity contribution is 6.03. The molecule has 10 unspecified atom stereocenters. The summed E-state index contributed by atoms with van der Waals surface area (Å²) in [5.41, 5.74) is 0.356. The van der Waals surface area contributed by atoms with Gasteiger partial charge in [-0.25, -0.2) is 0 Å². The van der Waals surface area contributed by atoms with Crippen LogP contribution in [0.4, 0.5) is 0 Å². The first-order chi connectivity index (χ1) is 15.4. The third kappa shape index (κ3) is 3.00. The van der Waals surface area contributed by atoms with Gasteiger partial charge in [0.2, 0.25) is 0 Å². The zero-order chi connectivity index (χ0) is 24.1. The first-order valence-corrected chi connectivity index (χ1v) is 13.2. The Balaban J connectivity index is 1.45. The summed E-state index contributed by atoms with van der Waals surface area (Å²) < 4.78 is 6.16. The highest BCUT2D eigenvalue weighted by Crippen LogP contribution is 2.69. The Kier molecular flexibility index (Phi) is 5.37. The smallest absolute Gasteiger partial charge is 0.167 e. The summed E-state index contributed by atoms with van der Waals surface area (Å²) in [6.45, 7) is 12.7. The topological polar surface area (TPSA) is 87.1 Å². The quantitative estimate of drug-likeness (QED) is 0.616. The largest absolute Gasteiger partial charge is 0.393 e. The van der Waals surface area contributed by atoms with Crippen molar-refractivity contribution in [3.63, 3.8) is 0 Å². The van der Waals surface area contributed by atoms with Crippen LogP contribution in [0.5, 0.6) is 0 Å². The summed E-state index contributed by atoms with van der Waals surface area (Å²) in [6.07, 6.45) is 3.70. The van der Waals surface area contributed by atoms with Gasteiger partial charge in [-0.3, -0.25) is 9.59 Å². The maximum absolute atomic E-state index is 14.2. The summed E-state index contributed by atoms with van der Waals surface area (Å²) in [5.74, 6) is 1.18. The third-order valence-electron chi connectivity index (χ3n) is 11.1. The fraction of sp³-hybridized carbons (Fsp3) is 0.857. The number of aliphatic hydroxyl groups is 2. The molecule has 5 nitrogen and oxygen atoms in total. The molecule has 2 saturated carbocycles. The minimum Gasteiger partial charge on any atom is -0.393 e. The van der Waals surface area contributed by atoms with Crippen LogP contribution >= 0.6 is 0 Å². The Morgan fingerprint density at radius 1 is 1.09 bits per heavy atom. The van der Waals surface area contributed by atoms with Crippen molar-refractivity contribution < 1.29 is 24.5 Å². The number of hydrogen-bond donors (Lipinski definition) is 2. The van der Waals surface area contributed by atoms with E-state index in [0.717, 1.165) is 37.7 Å². The van der Waals surface area contributed by atoms with Crippen molar-refractivity contribution in [1.29, 1.82) is 0 Å². The number of epoxide rings is 1. The van der Waals surface area contributed by atoms with E-state index in [2.05, 4.69) is 34.6 Å². The SMILES string of the molecule is CC(C)C(C)C(=O)C1CCC(C2(C)CCC3=C(C2=O)C(O)C2OC24CC(O)CCC34C)C1C. The zero-order valence-corrected chi connectivity index (χ0v) is 21.2. The van der Waals surface area contributed by atoms with E-state index < -0.39 is 23.2 Å². The van der Waals surface area contributed by atoms with Crippen molar-refractivity contribution in [3.05, 3.63) is 11.1 Å².